The van der Waals surface area contributed by atoms with Crippen LogP contribution in [-0.2, 0) is 22.7 Å². The molecule has 1 fully saturated rings. The van der Waals surface area contributed by atoms with Crippen LogP contribution in [0, 0.1) is 0 Å². The van der Waals surface area contributed by atoms with Crippen LogP contribution in [0.15, 0.2) is 28.7 Å². The van der Waals surface area contributed by atoms with Crippen LogP contribution in [0.4, 0.5) is 19.0 Å². The van der Waals surface area contributed by atoms with Crippen molar-refractivity contribution in [2.24, 2.45) is 0 Å². The van der Waals surface area contributed by atoms with E-state index in [1.54, 1.807) is 11.6 Å². The van der Waals surface area contributed by atoms with Crippen molar-refractivity contribution in [3.8, 4) is 0 Å². The Morgan fingerprint density at radius 1 is 1.24 bits per heavy atom. The molecule has 0 aromatic carbocycles. The summed E-state index contributed by atoms with van der Waals surface area (Å²) in [6, 6.07) is 0.644. The Morgan fingerprint density at radius 2 is 1.96 bits per heavy atom. The van der Waals surface area contributed by atoms with Crippen LogP contribution >= 0.6 is 11.3 Å². The highest BCUT2D eigenvalue weighted by Gasteiger charge is 2.37. The topological polar surface area (TPSA) is 75.2 Å². The zero-order chi connectivity index (χ0) is 18.1. The van der Waals surface area contributed by atoms with Gasteiger partial charge in [0.25, 0.3) is 0 Å². The lowest BCUT2D eigenvalue weighted by Crippen LogP contribution is -2.28. The fraction of sp³-hybridized carbons (Fsp3) is 0.429. The van der Waals surface area contributed by atoms with Gasteiger partial charge in [0.05, 0.1) is 12.1 Å². The highest BCUT2D eigenvalue weighted by atomic mass is 32.2. The van der Waals surface area contributed by atoms with Gasteiger partial charge in [-0.25, -0.2) is 18.4 Å². The minimum Gasteiger partial charge on any atom is -0.363 e. The molecule has 25 heavy (non-hydrogen) atoms. The van der Waals surface area contributed by atoms with Crippen LogP contribution in [-0.4, -0.2) is 35.8 Å². The molecular weight excluding hydrogens is 377 g/mol. The number of rotatable bonds is 5. The van der Waals surface area contributed by atoms with Gasteiger partial charge in [-0.1, -0.05) is 0 Å². The van der Waals surface area contributed by atoms with Crippen LogP contribution in [0.1, 0.15) is 23.4 Å². The van der Waals surface area contributed by atoms with Crippen molar-refractivity contribution >= 4 is 27.2 Å². The number of anilines is 1. The third kappa shape index (κ3) is 3.93. The molecule has 1 saturated heterocycles. The number of alkyl halides is 3. The van der Waals surface area contributed by atoms with Gasteiger partial charge in [-0.15, -0.1) is 11.3 Å². The number of pyridine rings is 1. The molecule has 0 amide bonds. The molecule has 0 aliphatic carbocycles. The summed E-state index contributed by atoms with van der Waals surface area (Å²) in [5.41, 5.74) is -1.11. The Labute approximate surface area is 146 Å². The van der Waals surface area contributed by atoms with Gasteiger partial charge in [0.1, 0.15) is 15.7 Å². The normalized spacial score (nSPS) is 16.3. The maximum atomic E-state index is 13.4. The first-order valence-electron chi connectivity index (χ1n) is 7.48. The van der Waals surface area contributed by atoms with Crippen LogP contribution in [0.5, 0.6) is 0 Å². The molecule has 0 bridgehead atoms. The van der Waals surface area contributed by atoms with Gasteiger partial charge in [0.15, 0.2) is 0 Å². The van der Waals surface area contributed by atoms with E-state index in [9.17, 15) is 21.6 Å². The second-order valence-electron chi connectivity index (χ2n) is 5.46. The highest BCUT2D eigenvalue weighted by Crippen LogP contribution is 2.36. The van der Waals surface area contributed by atoms with E-state index in [4.69, 9.17) is 0 Å². The minimum atomic E-state index is -4.73. The maximum absolute atomic E-state index is 13.4. The summed E-state index contributed by atoms with van der Waals surface area (Å²) in [5, 5.41) is 4.89. The summed E-state index contributed by atoms with van der Waals surface area (Å²) >= 11 is 1.29. The molecule has 2 aromatic heterocycles. The van der Waals surface area contributed by atoms with Crippen molar-refractivity contribution in [1.82, 2.24) is 14.3 Å². The van der Waals surface area contributed by atoms with E-state index in [0.717, 1.165) is 6.20 Å². The number of hydrogen-bond donors (Lipinski definition) is 1. The molecule has 0 atom stereocenters. The Morgan fingerprint density at radius 3 is 2.56 bits per heavy atom. The molecule has 1 N–H and O–H groups in total. The molecule has 0 saturated carbocycles. The average Bonchev–Trinajstić information content (AvgIpc) is 3.25. The molecule has 0 spiro atoms. The largest absolute Gasteiger partial charge is 0.419 e. The summed E-state index contributed by atoms with van der Waals surface area (Å²) < 4.78 is 66.2. The number of thiazole rings is 1. The monoisotopic (exact) mass is 392 g/mol. The minimum absolute atomic E-state index is 0.0754. The standard InChI is InChI=1S/C14H15F3N4O2S2/c15-14(16,17)11-7-10(25(22,23)21-4-1-2-5-21)8-19-13(11)20-9-12-18-3-6-24-12/h3,6-8H,1-2,4-5,9H2,(H,19,20). The Bertz CT molecular complexity index is 832. The van der Waals surface area contributed by atoms with Gasteiger partial charge in [0, 0.05) is 30.9 Å². The molecule has 6 nitrogen and oxygen atoms in total. The van der Waals surface area contributed by atoms with E-state index in [0.29, 0.717) is 37.0 Å². The first-order valence-corrected chi connectivity index (χ1v) is 9.80. The quantitative estimate of drug-likeness (QED) is 0.847. The molecule has 136 valence electrons. The second kappa shape index (κ2) is 6.89. The zero-order valence-corrected chi connectivity index (χ0v) is 14.6. The SMILES string of the molecule is O=S(=O)(c1cnc(NCc2nccs2)c(C(F)(F)F)c1)N1CCCC1. The number of aromatic nitrogens is 2. The molecule has 0 unspecified atom stereocenters. The second-order valence-corrected chi connectivity index (χ2v) is 8.37. The number of hydrogen-bond acceptors (Lipinski definition) is 6. The lowest BCUT2D eigenvalue weighted by molar-refractivity contribution is -0.137. The molecule has 3 rings (SSSR count). The number of sulfonamides is 1. The van der Waals surface area contributed by atoms with E-state index in [2.05, 4.69) is 15.3 Å². The summed E-state index contributed by atoms with van der Waals surface area (Å²) in [6.07, 6.45) is -0.814. The Hall–Kier alpha value is -1.72. The lowest BCUT2D eigenvalue weighted by atomic mass is 10.2. The van der Waals surface area contributed by atoms with Crippen molar-refractivity contribution in [1.29, 1.82) is 0 Å². The molecule has 2 aromatic rings. The van der Waals surface area contributed by atoms with E-state index in [-0.39, 0.29) is 6.54 Å². The third-order valence-electron chi connectivity index (χ3n) is 3.76. The number of nitrogens with zero attached hydrogens (tertiary/aromatic N) is 3. The van der Waals surface area contributed by atoms with Gasteiger partial charge >= 0.3 is 6.18 Å². The number of nitrogens with one attached hydrogen (secondary N) is 1. The molecule has 1 aliphatic heterocycles. The van der Waals surface area contributed by atoms with Gasteiger partial charge in [-0.05, 0) is 18.9 Å². The van der Waals surface area contributed by atoms with E-state index < -0.39 is 32.5 Å². The molecule has 3 heterocycles. The predicted molar refractivity (Wildman–Crippen MR) is 86.7 cm³/mol. The first kappa shape index (κ1) is 18.1. The van der Waals surface area contributed by atoms with Gasteiger partial charge in [-0.2, -0.15) is 17.5 Å². The number of halogens is 3. The van der Waals surface area contributed by atoms with Crippen LogP contribution in [0.2, 0.25) is 0 Å². The summed E-state index contributed by atoms with van der Waals surface area (Å²) in [4.78, 5) is 7.26. The van der Waals surface area contributed by atoms with Gasteiger partial charge in [0.2, 0.25) is 10.0 Å². The van der Waals surface area contributed by atoms with Crippen molar-refractivity contribution in [2.75, 3.05) is 18.4 Å². The van der Waals surface area contributed by atoms with E-state index in [1.165, 1.54) is 15.6 Å². The fourth-order valence-corrected chi connectivity index (χ4v) is 4.57. The third-order valence-corrected chi connectivity index (χ3v) is 6.40. The summed E-state index contributed by atoms with van der Waals surface area (Å²) in [7, 11) is -3.96. The molecule has 1 aliphatic rings. The van der Waals surface area contributed by atoms with Gasteiger partial charge in [-0.3, -0.25) is 0 Å². The van der Waals surface area contributed by atoms with Crippen LogP contribution in [0.3, 0.4) is 0 Å². The Balaban J connectivity index is 1.92. The highest BCUT2D eigenvalue weighted by molar-refractivity contribution is 7.89. The van der Waals surface area contributed by atoms with E-state index in [1.807, 2.05) is 0 Å². The van der Waals surface area contributed by atoms with Crippen LogP contribution < -0.4 is 5.32 Å². The zero-order valence-electron chi connectivity index (χ0n) is 13.0. The van der Waals surface area contributed by atoms with Crippen molar-refractivity contribution < 1.29 is 21.6 Å². The van der Waals surface area contributed by atoms with Crippen molar-refractivity contribution in [3.63, 3.8) is 0 Å². The molecule has 0 radical (unpaired) electrons. The predicted octanol–water partition coefficient (Wildman–Crippen LogP) is 2.95. The summed E-state index contributed by atoms with van der Waals surface area (Å²) in [5.74, 6) is -0.414. The maximum Gasteiger partial charge on any atom is 0.419 e. The van der Waals surface area contributed by atoms with Crippen molar-refractivity contribution in [2.45, 2.75) is 30.5 Å². The average molecular weight is 392 g/mol. The smallest absolute Gasteiger partial charge is 0.363 e. The first-order chi connectivity index (χ1) is 11.8. The van der Waals surface area contributed by atoms with Crippen molar-refractivity contribution in [3.05, 3.63) is 34.4 Å². The van der Waals surface area contributed by atoms with E-state index >= 15 is 0 Å². The molecule has 11 heteroatoms. The summed E-state index contributed by atoms with van der Waals surface area (Å²) in [6.45, 7) is 0.702. The fourth-order valence-electron chi connectivity index (χ4n) is 2.52. The molecular formula is C14H15F3N4O2S2. The lowest BCUT2D eigenvalue weighted by Gasteiger charge is -2.18. The van der Waals surface area contributed by atoms with Gasteiger partial charge < -0.3 is 5.32 Å². The van der Waals surface area contributed by atoms with Crippen LogP contribution in [0.25, 0.3) is 0 Å². The Kier molecular flexibility index (Phi) is 4.98.